The van der Waals surface area contributed by atoms with Gasteiger partial charge in [0.05, 0.1) is 11.3 Å². The molecule has 0 aromatic heterocycles. The number of nitriles is 1. The molecule has 0 saturated heterocycles. The molecule has 2 aliphatic rings. The maximum absolute atomic E-state index is 12.3. The lowest BCUT2D eigenvalue weighted by atomic mass is 9.86. The summed E-state index contributed by atoms with van der Waals surface area (Å²) in [6, 6.07) is 9.82. The molecule has 3 rings (SSSR count). The Bertz CT molecular complexity index is 966. The fourth-order valence-electron chi connectivity index (χ4n) is 3.83. The van der Waals surface area contributed by atoms with E-state index in [1.807, 2.05) is 31.2 Å². The number of aryl methyl sites for hydroxylation is 1. The molecule has 1 saturated carbocycles. The molecule has 5 nitrogen and oxygen atoms in total. The summed E-state index contributed by atoms with van der Waals surface area (Å²) in [5.74, 6) is 0.613. The molecule has 1 aromatic rings. The van der Waals surface area contributed by atoms with Gasteiger partial charge in [0.25, 0.3) is 0 Å². The van der Waals surface area contributed by atoms with Gasteiger partial charge >= 0.3 is 10.1 Å². The van der Waals surface area contributed by atoms with Crippen molar-refractivity contribution in [2.45, 2.75) is 51.9 Å². The molecule has 0 radical (unpaired) electrons. The summed E-state index contributed by atoms with van der Waals surface area (Å²) >= 11 is 1.25. The molecule has 1 aromatic carbocycles. The minimum Gasteiger partial charge on any atom is -0.267 e. The summed E-state index contributed by atoms with van der Waals surface area (Å²) in [7, 11) is -3.73. The smallest absolute Gasteiger partial charge is 0.267 e. The van der Waals surface area contributed by atoms with Crippen molar-refractivity contribution < 1.29 is 12.7 Å². The second-order valence-electron chi connectivity index (χ2n) is 7.52. The number of hydrogen-bond donors (Lipinski definition) is 0. The van der Waals surface area contributed by atoms with E-state index in [0.29, 0.717) is 28.5 Å². The average molecular weight is 431 g/mol. The van der Waals surface area contributed by atoms with Gasteiger partial charge in [0.15, 0.2) is 0 Å². The molecule has 29 heavy (non-hydrogen) atoms. The van der Waals surface area contributed by atoms with Crippen molar-refractivity contribution in [2.24, 2.45) is 11.1 Å². The highest BCUT2D eigenvalue weighted by molar-refractivity contribution is 8.17. The molecule has 0 bridgehead atoms. The van der Waals surface area contributed by atoms with Crippen LogP contribution in [0.4, 0.5) is 0 Å². The van der Waals surface area contributed by atoms with Crippen LogP contribution in [0.25, 0.3) is 5.57 Å². The van der Waals surface area contributed by atoms with Crippen LogP contribution in [0.2, 0.25) is 0 Å². The number of rotatable bonds is 7. The molecule has 0 unspecified atom stereocenters. The van der Waals surface area contributed by atoms with Gasteiger partial charge in [0, 0.05) is 5.57 Å². The van der Waals surface area contributed by atoms with Crippen LogP contribution in [-0.2, 0) is 14.4 Å². The molecule has 1 fully saturated rings. The quantitative estimate of drug-likeness (QED) is 0.418. The Morgan fingerprint density at radius 2 is 2.03 bits per heavy atom. The standard InChI is InChI=1S/C22H26N2O3S2/c1-17-8-5-6-12-19(17)21(16-23)20-13-14-28-22(20)24-27-29(25,26)15-7-11-18-9-3-2-4-10-18/h5-6,8,12-14,18H,2-4,7,9-11,15H2,1H3/b21-20+,24-22-. The van der Waals surface area contributed by atoms with Crippen molar-refractivity contribution in [1.82, 2.24) is 0 Å². The summed E-state index contributed by atoms with van der Waals surface area (Å²) in [6.45, 7) is 1.93. The van der Waals surface area contributed by atoms with Crippen LogP contribution < -0.4 is 0 Å². The van der Waals surface area contributed by atoms with Gasteiger partial charge in [-0.05, 0) is 48.3 Å². The molecule has 0 spiro atoms. The lowest BCUT2D eigenvalue weighted by Gasteiger charge is -2.20. The predicted molar refractivity (Wildman–Crippen MR) is 119 cm³/mol. The molecule has 1 aliphatic heterocycles. The molecule has 0 N–H and O–H groups in total. The highest BCUT2D eigenvalue weighted by Gasteiger charge is 2.21. The number of hydrogen-bond acceptors (Lipinski definition) is 6. The minimum absolute atomic E-state index is 0.0275. The van der Waals surface area contributed by atoms with Crippen LogP contribution >= 0.6 is 11.8 Å². The van der Waals surface area contributed by atoms with Crippen LogP contribution in [0, 0.1) is 24.2 Å². The van der Waals surface area contributed by atoms with Gasteiger partial charge in [-0.2, -0.15) is 13.7 Å². The number of benzene rings is 1. The minimum atomic E-state index is -3.73. The monoisotopic (exact) mass is 430 g/mol. The molecule has 1 aliphatic carbocycles. The van der Waals surface area contributed by atoms with E-state index in [1.54, 1.807) is 11.5 Å². The first-order chi connectivity index (χ1) is 14.0. The summed E-state index contributed by atoms with van der Waals surface area (Å²) in [5, 5.41) is 15.7. The van der Waals surface area contributed by atoms with Crippen molar-refractivity contribution in [1.29, 1.82) is 5.26 Å². The Kier molecular flexibility index (Phi) is 7.57. The van der Waals surface area contributed by atoms with Crippen molar-refractivity contribution >= 4 is 32.5 Å². The topological polar surface area (TPSA) is 79.5 Å². The third-order valence-corrected chi connectivity index (χ3v) is 7.29. The Morgan fingerprint density at radius 3 is 2.76 bits per heavy atom. The molecule has 7 heteroatoms. The summed E-state index contributed by atoms with van der Waals surface area (Å²) in [6.07, 6.45) is 9.50. The van der Waals surface area contributed by atoms with Crippen molar-refractivity contribution in [3.8, 4) is 6.07 Å². The van der Waals surface area contributed by atoms with Crippen LogP contribution in [0.1, 0.15) is 56.1 Å². The zero-order valence-electron chi connectivity index (χ0n) is 16.6. The van der Waals surface area contributed by atoms with Gasteiger partial charge < -0.3 is 0 Å². The van der Waals surface area contributed by atoms with E-state index in [9.17, 15) is 13.7 Å². The average Bonchev–Trinajstić information content (AvgIpc) is 3.18. The first kappa shape index (κ1) is 21.7. The number of nitrogens with zero attached hydrogens (tertiary/aromatic N) is 2. The first-order valence-electron chi connectivity index (χ1n) is 10.0. The Hall–Kier alpha value is -2.04. The fraction of sp³-hybridized carbons (Fsp3) is 0.455. The largest absolute Gasteiger partial charge is 0.328 e. The zero-order valence-corrected chi connectivity index (χ0v) is 18.3. The van der Waals surface area contributed by atoms with Crippen LogP contribution in [-0.4, -0.2) is 19.2 Å². The first-order valence-corrected chi connectivity index (χ1v) is 12.5. The molecular formula is C22H26N2O3S2. The number of oxime groups is 1. The van der Waals surface area contributed by atoms with Crippen molar-refractivity contribution in [3.05, 3.63) is 52.4 Å². The van der Waals surface area contributed by atoms with Gasteiger partial charge in [0.1, 0.15) is 11.1 Å². The highest BCUT2D eigenvalue weighted by atomic mass is 32.2. The Labute approximate surface area is 177 Å². The molecule has 0 atom stereocenters. The van der Waals surface area contributed by atoms with Crippen molar-refractivity contribution in [3.63, 3.8) is 0 Å². The highest BCUT2D eigenvalue weighted by Crippen LogP contribution is 2.32. The SMILES string of the molecule is Cc1ccccc1/C(C#N)=C1\C=CS\C1=N/OS(=O)(=O)CCCC1CCCCC1. The normalized spacial score (nSPS) is 20.6. The Morgan fingerprint density at radius 1 is 1.28 bits per heavy atom. The number of thioether (sulfide) groups is 1. The predicted octanol–water partition coefficient (Wildman–Crippen LogP) is 5.55. The van der Waals surface area contributed by atoms with Crippen LogP contribution in [0.5, 0.6) is 0 Å². The third-order valence-electron chi connectivity index (χ3n) is 5.41. The zero-order chi connectivity index (χ0) is 20.7. The van der Waals surface area contributed by atoms with E-state index >= 15 is 0 Å². The van der Waals surface area contributed by atoms with Gasteiger partial charge in [-0.3, -0.25) is 4.28 Å². The summed E-state index contributed by atoms with van der Waals surface area (Å²) in [4.78, 5) is 0. The van der Waals surface area contributed by atoms with Gasteiger partial charge in [-0.25, -0.2) is 0 Å². The van der Waals surface area contributed by atoms with E-state index in [-0.39, 0.29) is 5.75 Å². The second-order valence-corrected chi connectivity index (χ2v) is 10.1. The van der Waals surface area contributed by atoms with Gasteiger partial charge in [0.2, 0.25) is 0 Å². The van der Waals surface area contributed by atoms with E-state index < -0.39 is 10.1 Å². The summed E-state index contributed by atoms with van der Waals surface area (Å²) < 4.78 is 29.5. The third kappa shape index (κ3) is 5.97. The number of allylic oxidation sites excluding steroid dienone is 2. The van der Waals surface area contributed by atoms with E-state index in [2.05, 4.69) is 11.2 Å². The molecule has 0 amide bonds. The van der Waals surface area contributed by atoms with E-state index in [1.165, 1.54) is 43.9 Å². The van der Waals surface area contributed by atoms with Crippen molar-refractivity contribution in [2.75, 3.05) is 5.75 Å². The summed E-state index contributed by atoms with van der Waals surface area (Å²) in [5.41, 5.74) is 2.82. The fourth-order valence-corrected chi connectivity index (χ4v) is 5.37. The molecule has 1 heterocycles. The molecular weight excluding hydrogens is 404 g/mol. The maximum atomic E-state index is 12.3. The van der Waals surface area contributed by atoms with Crippen LogP contribution in [0.15, 0.2) is 46.5 Å². The van der Waals surface area contributed by atoms with E-state index in [0.717, 1.165) is 17.5 Å². The van der Waals surface area contributed by atoms with Gasteiger partial charge in [-0.1, -0.05) is 73.3 Å². The lowest BCUT2D eigenvalue weighted by molar-refractivity contribution is 0.324. The second kappa shape index (κ2) is 10.1. The molecule has 154 valence electrons. The van der Waals surface area contributed by atoms with Gasteiger partial charge in [-0.15, -0.1) is 0 Å². The Balaban J connectivity index is 1.67. The maximum Gasteiger partial charge on any atom is 0.328 e. The lowest BCUT2D eigenvalue weighted by Crippen LogP contribution is -2.12. The van der Waals surface area contributed by atoms with Crippen LogP contribution in [0.3, 0.4) is 0 Å². The van der Waals surface area contributed by atoms with E-state index in [4.69, 9.17) is 4.28 Å².